The number of nitrogens with one attached hydrogen (secondary N) is 2. The standard InChI is InChI=1S/C25H25FN6O4S/c1-32(37(2,35)36)20-6-4-3-5-14(20)12-28-25-22-19(30-31-23(22)24(27)34)11-18(29-25)16-9-17(26)21(33)10-15(16)13-7-8-13/h3-6,9-11,13,33H,7-8,12H2,1-2H3,(H2,27,34)(H,28,29)(H,30,31). The second kappa shape index (κ2) is 9.04. The van der Waals surface area contributed by atoms with Crippen LogP contribution in [0.15, 0.2) is 42.5 Å². The molecule has 5 rings (SSSR count). The summed E-state index contributed by atoms with van der Waals surface area (Å²) in [6, 6.07) is 11.3. The molecule has 12 heteroatoms. The van der Waals surface area contributed by atoms with Crippen LogP contribution in [0.4, 0.5) is 15.9 Å². The number of phenols is 1. The van der Waals surface area contributed by atoms with E-state index in [4.69, 9.17) is 10.7 Å². The molecule has 37 heavy (non-hydrogen) atoms. The van der Waals surface area contributed by atoms with Gasteiger partial charge in [-0.3, -0.25) is 14.2 Å². The number of hydrogen-bond acceptors (Lipinski definition) is 7. The average Bonchev–Trinajstić information content (AvgIpc) is 3.60. The number of aromatic hydroxyl groups is 1. The van der Waals surface area contributed by atoms with E-state index in [-0.39, 0.29) is 24.0 Å². The highest BCUT2D eigenvalue weighted by molar-refractivity contribution is 7.92. The smallest absolute Gasteiger partial charge is 0.269 e. The van der Waals surface area contributed by atoms with Crippen LogP contribution in [0, 0.1) is 5.82 Å². The summed E-state index contributed by atoms with van der Waals surface area (Å²) >= 11 is 0. The van der Waals surface area contributed by atoms with Crippen molar-refractivity contribution in [1.29, 1.82) is 0 Å². The molecule has 192 valence electrons. The molecule has 0 aliphatic heterocycles. The molecule has 2 aromatic carbocycles. The van der Waals surface area contributed by atoms with Crippen molar-refractivity contribution in [2.45, 2.75) is 25.3 Å². The minimum absolute atomic E-state index is 0.0163. The van der Waals surface area contributed by atoms with Gasteiger partial charge in [-0.25, -0.2) is 17.8 Å². The van der Waals surface area contributed by atoms with Gasteiger partial charge in [0.05, 0.1) is 28.5 Å². The fourth-order valence-corrected chi connectivity index (χ4v) is 4.88. The molecule has 1 amide bonds. The molecule has 0 saturated heterocycles. The zero-order chi connectivity index (χ0) is 26.5. The number of hydrogen-bond donors (Lipinski definition) is 4. The van der Waals surface area contributed by atoms with Gasteiger partial charge >= 0.3 is 0 Å². The first-order valence-corrected chi connectivity index (χ1v) is 13.4. The van der Waals surface area contributed by atoms with E-state index in [1.807, 2.05) is 0 Å². The van der Waals surface area contributed by atoms with E-state index in [1.54, 1.807) is 30.3 Å². The molecular weight excluding hydrogens is 499 g/mol. The number of sulfonamides is 1. The zero-order valence-corrected chi connectivity index (χ0v) is 20.9. The van der Waals surface area contributed by atoms with E-state index in [0.717, 1.165) is 24.7 Å². The Morgan fingerprint density at radius 1 is 1.27 bits per heavy atom. The second-order valence-corrected chi connectivity index (χ2v) is 11.1. The molecule has 2 heterocycles. The van der Waals surface area contributed by atoms with Crippen LogP contribution >= 0.6 is 0 Å². The van der Waals surface area contributed by atoms with E-state index < -0.39 is 27.5 Å². The predicted octanol–water partition coefficient (Wildman–Crippen LogP) is 3.45. The number of benzene rings is 2. The minimum atomic E-state index is -3.50. The molecule has 0 unspecified atom stereocenters. The van der Waals surface area contributed by atoms with E-state index in [2.05, 4.69) is 15.5 Å². The Hall–Kier alpha value is -4.19. The van der Waals surface area contributed by atoms with Gasteiger partial charge in [0.25, 0.3) is 5.91 Å². The van der Waals surface area contributed by atoms with Gasteiger partial charge in [0, 0.05) is 19.2 Å². The third-order valence-electron chi connectivity index (χ3n) is 6.46. The quantitative estimate of drug-likeness (QED) is 0.275. The second-order valence-electron chi connectivity index (χ2n) is 9.09. The van der Waals surface area contributed by atoms with Crippen molar-refractivity contribution in [2.24, 2.45) is 5.73 Å². The summed E-state index contributed by atoms with van der Waals surface area (Å²) in [6.45, 7) is 0.157. The number of amides is 1. The molecule has 4 aromatic rings. The van der Waals surface area contributed by atoms with E-state index >= 15 is 0 Å². The Balaban J connectivity index is 1.62. The first-order valence-electron chi connectivity index (χ1n) is 11.5. The molecule has 5 N–H and O–H groups in total. The number of para-hydroxylation sites is 1. The highest BCUT2D eigenvalue weighted by Gasteiger charge is 2.29. The molecule has 1 fully saturated rings. The fraction of sp³-hybridized carbons (Fsp3) is 0.240. The average molecular weight is 525 g/mol. The largest absolute Gasteiger partial charge is 0.505 e. The number of primary amides is 1. The summed E-state index contributed by atoms with van der Waals surface area (Å²) in [7, 11) is -2.04. The van der Waals surface area contributed by atoms with Crippen molar-refractivity contribution >= 4 is 38.3 Å². The number of phenolic OH excluding ortho intramolecular Hbond substituents is 1. The molecule has 10 nitrogen and oxygen atoms in total. The number of nitrogens with zero attached hydrogens (tertiary/aromatic N) is 3. The summed E-state index contributed by atoms with van der Waals surface area (Å²) in [5.74, 6) is -1.49. The van der Waals surface area contributed by atoms with Crippen LogP contribution in [-0.2, 0) is 16.6 Å². The molecule has 1 saturated carbocycles. The SMILES string of the molecule is CN(c1ccccc1CNc1nc(-c2cc(F)c(O)cc2C2CC2)cc2[nH]nc(C(N)=O)c12)S(C)(=O)=O. The molecule has 2 aromatic heterocycles. The normalized spacial score (nSPS) is 13.6. The van der Waals surface area contributed by atoms with E-state index in [1.165, 1.54) is 23.5 Å². The Labute approximate surface area is 212 Å². The summed E-state index contributed by atoms with van der Waals surface area (Å²) < 4.78 is 39.9. The number of pyridine rings is 1. The molecule has 0 atom stereocenters. The van der Waals surface area contributed by atoms with Gasteiger partial charge in [-0.05, 0) is 54.2 Å². The summed E-state index contributed by atoms with van der Waals surface area (Å²) in [5.41, 5.74) is 8.84. The number of carbonyl (C=O) groups excluding carboxylic acids is 1. The third kappa shape index (κ3) is 4.67. The number of H-pyrrole nitrogens is 1. The number of carbonyl (C=O) groups is 1. The highest BCUT2D eigenvalue weighted by Crippen LogP contribution is 2.46. The lowest BCUT2D eigenvalue weighted by atomic mass is 9.98. The van der Waals surface area contributed by atoms with Crippen molar-refractivity contribution in [2.75, 3.05) is 22.9 Å². The first-order chi connectivity index (χ1) is 17.5. The van der Waals surface area contributed by atoms with Crippen LogP contribution in [0.1, 0.15) is 40.4 Å². The van der Waals surface area contributed by atoms with Gasteiger partial charge in [-0.15, -0.1) is 0 Å². The highest BCUT2D eigenvalue weighted by atomic mass is 32.2. The van der Waals surface area contributed by atoms with Gasteiger partial charge in [0.2, 0.25) is 10.0 Å². The van der Waals surface area contributed by atoms with Crippen LogP contribution in [-0.4, -0.2) is 47.9 Å². The van der Waals surface area contributed by atoms with Crippen molar-refractivity contribution in [3.05, 3.63) is 65.1 Å². The van der Waals surface area contributed by atoms with Crippen LogP contribution in [0.2, 0.25) is 0 Å². The number of nitrogens with two attached hydrogens (primary N) is 1. The first kappa shape index (κ1) is 24.5. The van der Waals surface area contributed by atoms with Crippen molar-refractivity contribution in [1.82, 2.24) is 15.2 Å². The van der Waals surface area contributed by atoms with Gasteiger partial charge in [-0.1, -0.05) is 18.2 Å². The number of anilines is 2. The van der Waals surface area contributed by atoms with Crippen molar-refractivity contribution in [3.8, 4) is 17.0 Å². The third-order valence-corrected chi connectivity index (χ3v) is 7.66. The Bertz CT molecular complexity index is 1650. The van der Waals surface area contributed by atoms with Crippen molar-refractivity contribution in [3.63, 3.8) is 0 Å². The van der Waals surface area contributed by atoms with Gasteiger partial charge in [0.15, 0.2) is 17.3 Å². The maximum Gasteiger partial charge on any atom is 0.269 e. The minimum Gasteiger partial charge on any atom is -0.505 e. The molecular formula is C25H25FN6O4S. The number of rotatable bonds is 8. The van der Waals surface area contributed by atoms with Crippen LogP contribution in [0.5, 0.6) is 5.75 Å². The summed E-state index contributed by atoms with van der Waals surface area (Å²) in [6.07, 6.45) is 2.96. The number of aromatic nitrogens is 3. The lowest BCUT2D eigenvalue weighted by molar-refractivity contribution is 0.0997. The maximum atomic E-state index is 14.4. The Morgan fingerprint density at radius 2 is 2.00 bits per heavy atom. The summed E-state index contributed by atoms with van der Waals surface area (Å²) in [5, 5.41) is 20.3. The van der Waals surface area contributed by atoms with E-state index in [0.29, 0.717) is 33.4 Å². The fourth-order valence-electron chi connectivity index (χ4n) is 4.35. The Morgan fingerprint density at radius 3 is 2.68 bits per heavy atom. The molecule has 0 bridgehead atoms. The zero-order valence-electron chi connectivity index (χ0n) is 20.1. The van der Waals surface area contributed by atoms with Crippen LogP contribution < -0.4 is 15.4 Å². The number of fused-ring (bicyclic) bond motifs is 1. The molecule has 0 spiro atoms. The van der Waals surface area contributed by atoms with Gasteiger partial charge in [0.1, 0.15) is 5.82 Å². The molecule has 1 aliphatic rings. The van der Waals surface area contributed by atoms with Gasteiger partial charge in [-0.2, -0.15) is 5.10 Å². The molecule has 1 aliphatic carbocycles. The predicted molar refractivity (Wildman–Crippen MR) is 138 cm³/mol. The van der Waals surface area contributed by atoms with Gasteiger partial charge < -0.3 is 16.2 Å². The monoisotopic (exact) mass is 524 g/mol. The number of halogens is 1. The topological polar surface area (TPSA) is 154 Å². The van der Waals surface area contributed by atoms with Crippen LogP contribution in [0.3, 0.4) is 0 Å². The lowest BCUT2D eigenvalue weighted by Crippen LogP contribution is -2.26. The van der Waals surface area contributed by atoms with Crippen molar-refractivity contribution < 1.29 is 22.7 Å². The van der Waals surface area contributed by atoms with Crippen LogP contribution in [0.25, 0.3) is 22.2 Å². The Kier molecular flexibility index (Phi) is 5.98. The molecule has 0 radical (unpaired) electrons. The van der Waals surface area contributed by atoms with E-state index in [9.17, 15) is 22.7 Å². The lowest BCUT2D eigenvalue weighted by Gasteiger charge is -2.21. The maximum absolute atomic E-state index is 14.4. The number of aromatic amines is 1. The summed E-state index contributed by atoms with van der Waals surface area (Å²) in [4.78, 5) is 16.8.